The van der Waals surface area contributed by atoms with Crippen molar-refractivity contribution in [3.63, 3.8) is 0 Å². The van der Waals surface area contributed by atoms with Gasteiger partial charge in [0.1, 0.15) is 6.10 Å². The minimum absolute atomic E-state index is 0.0297. The molecule has 1 atom stereocenters. The molecule has 20 heavy (non-hydrogen) atoms. The molecule has 1 aromatic rings. The fourth-order valence-electron chi connectivity index (χ4n) is 1.92. The van der Waals surface area contributed by atoms with Crippen LogP contribution in [0.2, 0.25) is 0 Å². The summed E-state index contributed by atoms with van der Waals surface area (Å²) in [4.78, 5) is 19.5. The predicted molar refractivity (Wildman–Crippen MR) is 76.1 cm³/mol. The summed E-state index contributed by atoms with van der Waals surface area (Å²) >= 11 is 0. The quantitative estimate of drug-likeness (QED) is 0.831. The molecule has 1 aliphatic carbocycles. The molecular formula is C14H22N4O2. The topological polar surface area (TPSA) is 90.1 Å². The number of hydrogen-bond donors (Lipinski definition) is 2. The van der Waals surface area contributed by atoms with Crippen molar-refractivity contribution in [3.05, 3.63) is 18.0 Å². The van der Waals surface area contributed by atoms with E-state index in [4.69, 9.17) is 10.5 Å². The Morgan fingerprint density at radius 2 is 2.15 bits per heavy atom. The van der Waals surface area contributed by atoms with E-state index < -0.39 is 0 Å². The molecule has 0 radical (unpaired) electrons. The molecule has 110 valence electrons. The van der Waals surface area contributed by atoms with Gasteiger partial charge in [0, 0.05) is 17.9 Å². The SMILES string of the molecule is CC(CCCc1cnc(N)nc1)OC(=O)NC1(C)CC1. The lowest BCUT2D eigenvalue weighted by atomic mass is 10.1. The second kappa shape index (κ2) is 6.07. The molecule has 1 saturated carbocycles. The maximum absolute atomic E-state index is 11.6. The first-order chi connectivity index (χ1) is 9.47. The summed E-state index contributed by atoms with van der Waals surface area (Å²) in [5.74, 6) is 0.288. The largest absolute Gasteiger partial charge is 0.447 e. The summed E-state index contributed by atoms with van der Waals surface area (Å²) in [6.45, 7) is 3.94. The van der Waals surface area contributed by atoms with Crippen LogP contribution in [0.15, 0.2) is 12.4 Å². The fraction of sp³-hybridized carbons (Fsp3) is 0.643. The van der Waals surface area contributed by atoms with Gasteiger partial charge in [0.05, 0.1) is 0 Å². The van der Waals surface area contributed by atoms with Gasteiger partial charge in [0.15, 0.2) is 0 Å². The monoisotopic (exact) mass is 278 g/mol. The van der Waals surface area contributed by atoms with Crippen LogP contribution in [0.3, 0.4) is 0 Å². The summed E-state index contributed by atoms with van der Waals surface area (Å²) < 4.78 is 5.32. The highest BCUT2D eigenvalue weighted by Crippen LogP contribution is 2.34. The van der Waals surface area contributed by atoms with Crippen LogP contribution in [-0.4, -0.2) is 27.7 Å². The highest BCUT2D eigenvalue weighted by atomic mass is 16.6. The summed E-state index contributed by atoms with van der Waals surface area (Å²) in [5, 5.41) is 2.88. The number of nitrogens with zero attached hydrogens (tertiary/aromatic N) is 2. The lowest BCUT2D eigenvalue weighted by molar-refractivity contribution is 0.0977. The van der Waals surface area contributed by atoms with Crippen molar-refractivity contribution in [2.75, 3.05) is 5.73 Å². The zero-order valence-electron chi connectivity index (χ0n) is 12.1. The first-order valence-electron chi connectivity index (χ1n) is 7.02. The van der Waals surface area contributed by atoms with Crippen LogP contribution in [0.4, 0.5) is 10.7 Å². The number of carbonyl (C=O) groups excluding carboxylic acids is 1. The number of carbonyl (C=O) groups is 1. The Bertz CT molecular complexity index is 457. The van der Waals surface area contributed by atoms with Gasteiger partial charge in [-0.25, -0.2) is 14.8 Å². The zero-order valence-corrected chi connectivity index (χ0v) is 12.1. The number of alkyl carbamates (subject to hydrolysis) is 1. The molecule has 1 aromatic heterocycles. The molecule has 1 fully saturated rings. The van der Waals surface area contributed by atoms with E-state index >= 15 is 0 Å². The van der Waals surface area contributed by atoms with Crippen LogP contribution in [0.25, 0.3) is 0 Å². The van der Waals surface area contributed by atoms with Crippen molar-refractivity contribution in [1.29, 1.82) is 0 Å². The fourth-order valence-corrected chi connectivity index (χ4v) is 1.92. The van der Waals surface area contributed by atoms with E-state index in [0.29, 0.717) is 0 Å². The Labute approximate surface area is 119 Å². The molecule has 0 spiro atoms. The van der Waals surface area contributed by atoms with E-state index in [2.05, 4.69) is 15.3 Å². The molecule has 6 heteroatoms. The molecule has 0 saturated heterocycles. The van der Waals surface area contributed by atoms with Gasteiger partial charge in [-0.05, 0) is 51.5 Å². The van der Waals surface area contributed by atoms with Crippen LogP contribution < -0.4 is 11.1 Å². The minimum Gasteiger partial charge on any atom is -0.447 e. The Morgan fingerprint density at radius 3 is 2.75 bits per heavy atom. The van der Waals surface area contributed by atoms with E-state index in [1.807, 2.05) is 13.8 Å². The normalized spacial score (nSPS) is 17.3. The second-order valence-electron chi connectivity index (χ2n) is 5.74. The third-order valence-corrected chi connectivity index (χ3v) is 3.51. The van der Waals surface area contributed by atoms with Gasteiger partial charge in [0.2, 0.25) is 5.95 Å². The van der Waals surface area contributed by atoms with Crippen molar-refractivity contribution in [1.82, 2.24) is 15.3 Å². The van der Waals surface area contributed by atoms with E-state index in [1.54, 1.807) is 12.4 Å². The molecule has 1 amide bonds. The third kappa shape index (κ3) is 4.68. The lowest BCUT2D eigenvalue weighted by Gasteiger charge is -2.16. The standard InChI is InChI=1S/C14H22N4O2/c1-10(20-13(19)18-14(2)6-7-14)4-3-5-11-8-16-12(15)17-9-11/h8-10H,3-7H2,1-2H3,(H,18,19)(H2,15,16,17). The predicted octanol–water partition coefficient (Wildman–Crippen LogP) is 2.05. The average molecular weight is 278 g/mol. The van der Waals surface area contributed by atoms with Gasteiger partial charge in [-0.3, -0.25) is 0 Å². The Hall–Kier alpha value is -1.85. The Kier molecular flexibility index (Phi) is 4.42. The van der Waals surface area contributed by atoms with E-state index in [0.717, 1.165) is 37.7 Å². The number of aryl methyl sites for hydroxylation is 1. The minimum atomic E-state index is -0.312. The van der Waals surface area contributed by atoms with Crippen LogP contribution >= 0.6 is 0 Å². The van der Waals surface area contributed by atoms with Crippen LogP contribution in [-0.2, 0) is 11.2 Å². The van der Waals surface area contributed by atoms with Crippen molar-refractivity contribution < 1.29 is 9.53 Å². The van der Waals surface area contributed by atoms with E-state index in [-0.39, 0.29) is 23.7 Å². The molecule has 0 bridgehead atoms. The highest BCUT2D eigenvalue weighted by Gasteiger charge is 2.39. The summed E-state index contributed by atoms with van der Waals surface area (Å²) in [5.41, 5.74) is 6.44. The molecule has 1 heterocycles. The molecule has 3 N–H and O–H groups in total. The number of nitrogens with two attached hydrogens (primary N) is 1. The van der Waals surface area contributed by atoms with Crippen molar-refractivity contribution >= 4 is 12.0 Å². The third-order valence-electron chi connectivity index (χ3n) is 3.51. The molecule has 1 unspecified atom stereocenters. The van der Waals surface area contributed by atoms with Crippen molar-refractivity contribution in [2.24, 2.45) is 0 Å². The number of amides is 1. The number of hydrogen-bond acceptors (Lipinski definition) is 5. The Morgan fingerprint density at radius 1 is 1.50 bits per heavy atom. The maximum Gasteiger partial charge on any atom is 0.407 e. The lowest BCUT2D eigenvalue weighted by Crippen LogP contribution is -2.36. The number of rotatable bonds is 6. The summed E-state index contributed by atoms with van der Waals surface area (Å²) in [7, 11) is 0. The smallest absolute Gasteiger partial charge is 0.407 e. The number of ether oxygens (including phenoxy) is 1. The van der Waals surface area contributed by atoms with Gasteiger partial charge < -0.3 is 15.8 Å². The second-order valence-corrected chi connectivity index (χ2v) is 5.74. The highest BCUT2D eigenvalue weighted by molar-refractivity contribution is 5.69. The summed E-state index contributed by atoms with van der Waals surface area (Å²) in [6, 6.07) is 0. The number of anilines is 1. The maximum atomic E-state index is 11.6. The van der Waals surface area contributed by atoms with Gasteiger partial charge in [-0.15, -0.1) is 0 Å². The average Bonchev–Trinajstić information content (AvgIpc) is 3.08. The molecule has 2 rings (SSSR count). The van der Waals surface area contributed by atoms with Gasteiger partial charge >= 0.3 is 6.09 Å². The number of nitrogen functional groups attached to an aromatic ring is 1. The van der Waals surface area contributed by atoms with E-state index in [9.17, 15) is 4.79 Å². The van der Waals surface area contributed by atoms with Crippen LogP contribution in [0, 0.1) is 0 Å². The number of nitrogens with one attached hydrogen (secondary N) is 1. The molecular weight excluding hydrogens is 256 g/mol. The zero-order chi connectivity index (χ0) is 14.6. The van der Waals surface area contributed by atoms with Gasteiger partial charge in [-0.2, -0.15) is 0 Å². The molecule has 0 aliphatic heterocycles. The van der Waals surface area contributed by atoms with E-state index in [1.165, 1.54) is 0 Å². The van der Waals surface area contributed by atoms with Crippen LogP contribution in [0.1, 0.15) is 45.1 Å². The van der Waals surface area contributed by atoms with Crippen molar-refractivity contribution in [2.45, 2.75) is 57.6 Å². The number of aromatic nitrogens is 2. The molecule has 1 aliphatic rings. The van der Waals surface area contributed by atoms with Crippen molar-refractivity contribution in [3.8, 4) is 0 Å². The van der Waals surface area contributed by atoms with Crippen LogP contribution in [0.5, 0.6) is 0 Å². The first kappa shape index (κ1) is 14.6. The summed E-state index contributed by atoms with van der Waals surface area (Å²) in [6.07, 6.45) is 7.71. The molecule has 0 aromatic carbocycles. The Balaban J connectivity index is 1.63. The van der Waals surface area contributed by atoms with Gasteiger partial charge in [0.25, 0.3) is 0 Å². The first-order valence-corrected chi connectivity index (χ1v) is 7.02. The molecule has 6 nitrogen and oxygen atoms in total. The van der Waals surface area contributed by atoms with Gasteiger partial charge in [-0.1, -0.05) is 0 Å².